The SMILES string of the molecule is CCCCCCCCOC(=O)Nc1ccc(C(=O)O)c(O)c1.[Al]. The number of ether oxygens (including phenoxy) is 1. The van der Waals surface area contributed by atoms with E-state index in [1.807, 2.05) is 0 Å². The van der Waals surface area contributed by atoms with E-state index in [2.05, 4.69) is 12.2 Å². The Morgan fingerprint density at radius 2 is 1.78 bits per heavy atom. The molecule has 0 saturated carbocycles. The van der Waals surface area contributed by atoms with Gasteiger partial charge in [-0.2, -0.15) is 0 Å². The third kappa shape index (κ3) is 8.48. The van der Waals surface area contributed by atoms with Crippen LogP contribution in [-0.4, -0.2) is 46.2 Å². The fourth-order valence-corrected chi connectivity index (χ4v) is 1.99. The molecule has 23 heavy (non-hydrogen) atoms. The van der Waals surface area contributed by atoms with Gasteiger partial charge in [0.05, 0.1) is 6.61 Å². The zero-order valence-corrected chi connectivity index (χ0v) is 14.5. The number of carbonyl (C=O) groups excluding carboxylic acids is 1. The van der Waals surface area contributed by atoms with Crippen molar-refractivity contribution in [3.8, 4) is 5.75 Å². The zero-order valence-electron chi connectivity index (χ0n) is 13.4. The van der Waals surface area contributed by atoms with Crippen molar-refractivity contribution in [2.45, 2.75) is 45.4 Å². The Morgan fingerprint density at radius 1 is 1.13 bits per heavy atom. The van der Waals surface area contributed by atoms with Crippen molar-refractivity contribution in [1.29, 1.82) is 0 Å². The minimum Gasteiger partial charge on any atom is -0.507 e. The fraction of sp³-hybridized carbons (Fsp3) is 0.500. The minimum absolute atomic E-state index is 0. The molecule has 0 heterocycles. The number of hydrogen-bond acceptors (Lipinski definition) is 4. The van der Waals surface area contributed by atoms with Gasteiger partial charge in [-0.25, -0.2) is 9.59 Å². The highest BCUT2D eigenvalue weighted by Gasteiger charge is 2.11. The van der Waals surface area contributed by atoms with Gasteiger partial charge in [0, 0.05) is 29.1 Å². The van der Waals surface area contributed by atoms with E-state index in [0.717, 1.165) is 19.3 Å². The summed E-state index contributed by atoms with van der Waals surface area (Å²) in [6, 6.07) is 3.80. The zero-order chi connectivity index (χ0) is 16.4. The van der Waals surface area contributed by atoms with E-state index >= 15 is 0 Å². The molecule has 3 radical (unpaired) electrons. The predicted octanol–water partition coefficient (Wildman–Crippen LogP) is 3.62. The van der Waals surface area contributed by atoms with E-state index in [4.69, 9.17) is 9.84 Å². The molecular formula is C16H23AlNO5. The Hall–Kier alpha value is -1.71. The number of anilines is 1. The number of aromatic hydroxyl groups is 1. The van der Waals surface area contributed by atoms with Crippen molar-refractivity contribution in [3.63, 3.8) is 0 Å². The van der Waals surface area contributed by atoms with Gasteiger partial charge >= 0.3 is 12.1 Å². The summed E-state index contributed by atoms with van der Waals surface area (Å²) in [4.78, 5) is 22.3. The van der Waals surface area contributed by atoms with E-state index in [-0.39, 0.29) is 28.6 Å². The highest BCUT2D eigenvalue weighted by Crippen LogP contribution is 2.22. The molecule has 0 aromatic heterocycles. The third-order valence-corrected chi connectivity index (χ3v) is 3.21. The normalized spacial score (nSPS) is 9.78. The van der Waals surface area contributed by atoms with Crippen LogP contribution in [0.15, 0.2) is 18.2 Å². The number of nitrogens with one attached hydrogen (secondary N) is 1. The summed E-state index contributed by atoms with van der Waals surface area (Å²) in [5.41, 5.74) is 0.0708. The van der Waals surface area contributed by atoms with Crippen LogP contribution in [0.3, 0.4) is 0 Å². The van der Waals surface area contributed by atoms with Crippen molar-refractivity contribution in [1.82, 2.24) is 0 Å². The molecule has 0 aliphatic carbocycles. The maximum Gasteiger partial charge on any atom is 0.411 e. The molecule has 0 spiro atoms. The quantitative estimate of drug-likeness (QED) is 0.473. The van der Waals surface area contributed by atoms with Crippen LogP contribution in [0.2, 0.25) is 0 Å². The standard InChI is InChI=1S/C16H23NO5.Al/c1-2-3-4-5-6-7-10-22-16(21)17-12-8-9-13(15(19)20)14(18)11-12;/h8-9,11,18H,2-7,10H2,1H3,(H,17,21)(H,19,20);. The number of hydrogen-bond donors (Lipinski definition) is 3. The lowest BCUT2D eigenvalue weighted by Gasteiger charge is -2.08. The maximum atomic E-state index is 11.5. The molecule has 0 atom stereocenters. The Labute approximate surface area is 147 Å². The van der Waals surface area contributed by atoms with E-state index in [9.17, 15) is 14.7 Å². The van der Waals surface area contributed by atoms with Gasteiger partial charge in [-0.05, 0) is 18.6 Å². The fourth-order valence-electron chi connectivity index (χ4n) is 1.99. The summed E-state index contributed by atoms with van der Waals surface area (Å²) < 4.78 is 5.02. The van der Waals surface area contributed by atoms with E-state index < -0.39 is 17.8 Å². The molecular weight excluding hydrogens is 313 g/mol. The second-order valence-electron chi connectivity index (χ2n) is 5.07. The molecule has 1 amide bonds. The van der Waals surface area contributed by atoms with Crippen LogP contribution in [0, 0.1) is 0 Å². The summed E-state index contributed by atoms with van der Waals surface area (Å²) in [5, 5.41) is 20.8. The number of aromatic carboxylic acids is 1. The van der Waals surface area contributed by atoms with E-state index in [0.29, 0.717) is 6.61 Å². The van der Waals surface area contributed by atoms with E-state index in [1.54, 1.807) is 0 Å². The van der Waals surface area contributed by atoms with Crippen molar-refractivity contribution in [3.05, 3.63) is 23.8 Å². The molecule has 6 nitrogen and oxygen atoms in total. The van der Waals surface area contributed by atoms with Gasteiger partial charge in [0.1, 0.15) is 11.3 Å². The summed E-state index contributed by atoms with van der Waals surface area (Å²) in [6.07, 6.45) is 6.02. The highest BCUT2D eigenvalue weighted by molar-refractivity contribution is 5.92. The van der Waals surface area contributed by atoms with E-state index in [1.165, 1.54) is 37.5 Å². The molecule has 0 fully saturated rings. The minimum atomic E-state index is -1.23. The number of amides is 1. The van der Waals surface area contributed by atoms with Crippen LogP contribution in [-0.2, 0) is 4.74 Å². The Kier molecular flexibility index (Phi) is 10.9. The second kappa shape index (κ2) is 11.8. The number of benzene rings is 1. The number of phenols is 1. The molecule has 0 saturated heterocycles. The van der Waals surface area contributed by atoms with Crippen LogP contribution < -0.4 is 5.32 Å². The number of carboxylic acid groups (broad SMARTS) is 1. The third-order valence-electron chi connectivity index (χ3n) is 3.21. The number of carbonyl (C=O) groups is 2. The van der Waals surface area contributed by atoms with Crippen LogP contribution >= 0.6 is 0 Å². The van der Waals surface area contributed by atoms with Crippen molar-refractivity contribution in [2.75, 3.05) is 11.9 Å². The van der Waals surface area contributed by atoms with Crippen LogP contribution in [0.4, 0.5) is 10.5 Å². The first-order valence-corrected chi connectivity index (χ1v) is 7.54. The maximum absolute atomic E-state index is 11.5. The molecule has 0 unspecified atom stereocenters. The first kappa shape index (κ1) is 21.3. The lowest BCUT2D eigenvalue weighted by atomic mass is 10.1. The highest BCUT2D eigenvalue weighted by atomic mass is 27.0. The summed E-state index contributed by atoms with van der Waals surface area (Å²) in [5.74, 6) is -1.63. The molecule has 0 aliphatic heterocycles. The van der Waals surface area contributed by atoms with Crippen molar-refractivity contribution >= 4 is 35.1 Å². The van der Waals surface area contributed by atoms with Gasteiger partial charge in [0.15, 0.2) is 0 Å². The molecule has 7 heteroatoms. The number of carboxylic acids is 1. The summed E-state index contributed by atoms with van der Waals surface area (Å²) >= 11 is 0. The number of unbranched alkanes of at least 4 members (excludes halogenated alkanes) is 5. The van der Waals surface area contributed by atoms with Crippen LogP contribution in [0.25, 0.3) is 0 Å². The van der Waals surface area contributed by atoms with Gasteiger partial charge in [-0.1, -0.05) is 39.0 Å². The Balaban J connectivity index is 0.00000484. The summed E-state index contributed by atoms with van der Waals surface area (Å²) in [6.45, 7) is 2.51. The van der Waals surface area contributed by atoms with Crippen LogP contribution in [0.5, 0.6) is 5.75 Å². The van der Waals surface area contributed by atoms with Crippen molar-refractivity contribution in [2.24, 2.45) is 0 Å². The molecule has 0 aliphatic rings. The summed E-state index contributed by atoms with van der Waals surface area (Å²) in [7, 11) is 0. The number of rotatable bonds is 9. The molecule has 3 N–H and O–H groups in total. The Bertz CT molecular complexity index is 507. The molecule has 125 valence electrons. The first-order chi connectivity index (χ1) is 10.5. The van der Waals surface area contributed by atoms with Gasteiger partial charge < -0.3 is 14.9 Å². The lowest BCUT2D eigenvalue weighted by molar-refractivity contribution is 0.0693. The monoisotopic (exact) mass is 336 g/mol. The molecule has 1 rings (SSSR count). The largest absolute Gasteiger partial charge is 0.507 e. The van der Waals surface area contributed by atoms with Gasteiger partial charge in [0.2, 0.25) is 0 Å². The lowest BCUT2D eigenvalue weighted by Crippen LogP contribution is -2.14. The molecule has 1 aromatic carbocycles. The topological polar surface area (TPSA) is 95.9 Å². The Morgan fingerprint density at radius 3 is 2.39 bits per heavy atom. The molecule has 1 aromatic rings. The van der Waals surface area contributed by atoms with Gasteiger partial charge in [-0.3, -0.25) is 5.32 Å². The first-order valence-electron chi connectivity index (χ1n) is 7.54. The second-order valence-corrected chi connectivity index (χ2v) is 5.07. The van der Waals surface area contributed by atoms with Gasteiger partial charge in [-0.15, -0.1) is 0 Å². The van der Waals surface area contributed by atoms with Gasteiger partial charge in [0.25, 0.3) is 0 Å². The van der Waals surface area contributed by atoms with Crippen molar-refractivity contribution < 1.29 is 24.5 Å². The molecule has 0 bridgehead atoms. The smallest absolute Gasteiger partial charge is 0.411 e. The predicted molar refractivity (Wildman–Crippen MR) is 89.2 cm³/mol. The average Bonchev–Trinajstić information content (AvgIpc) is 2.46. The van der Waals surface area contributed by atoms with Crippen LogP contribution in [0.1, 0.15) is 55.8 Å². The average molecular weight is 336 g/mol.